The van der Waals surface area contributed by atoms with Crippen molar-refractivity contribution in [3.05, 3.63) is 29.8 Å². The van der Waals surface area contributed by atoms with Crippen LogP contribution in [-0.2, 0) is 4.74 Å². The van der Waals surface area contributed by atoms with Gasteiger partial charge in [0.15, 0.2) is 6.10 Å². The van der Waals surface area contributed by atoms with Crippen molar-refractivity contribution in [1.29, 1.82) is 0 Å². The third kappa shape index (κ3) is 2.88. The van der Waals surface area contributed by atoms with Crippen LogP contribution in [0, 0.1) is 0 Å². The van der Waals surface area contributed by atoms with E-state index in [0.717, 1.165) is 5.56 Å². The minimum atomic E-state index is -0.588. The van der Waals surface area contributed by atoms with Crippen LogP contribution in [0.4, 0.5) is 4.79 Å². The summed E-state index contributed by atoms with van der Waals surface area (Å²) >= 11 is 0. The normalized spacial score (nSPS) is 20.6. The zero-order valence-corrected chi connectivity index (χ0v) is 9.55. The predicted octanol–water partition coefficient (Wildman–Crippen LogP) is 1.23. The van der Waals surface area contributed by atoms with Gasteiger partial charge in [0, 0.05) is 5.56 Å². The monoisotopic (exact) mass is 237 g/mol. The van der Waals surface area contributed by atoms with Crippen LogP contribution in [0.1, 0.15) is 18.6 Å². The number of ether oxygens (including phenoxy) is 2. The zero-order chi connectivity index (χ0) is 12.3. The summed E-state index contributed by atoms with van der Waals surface area (Å²) in [6.07, 6.45) is -1.28. The van der Waals surface area contributed by atoms with Gasteiger partial charge in [0.05, 0.1) is 12.6 Å². The van der Waals surface area contributed by atoms with Gasteiger partial charge >= 0.3 is 6.09 Å². The van der Waals surface area contributed by atoms with Crippen LogP contribution in [0.25, 0.3) is 0 Å². The molecule has 1 aromatic rings. The third-order valence-corrected chi connectivity index (χ3v) is 2.54. The van der Waals surface area contributed by atoms with E-state index in [0.29, 0.717) is 12.3 Å². The van der Waals surface area contributed by atoms with E-state index in [1.807, 2.05) is 12.1 Å². The number of alkyl carbamates (subject to hydrolysis) is 1. The molecular weight excluding hydrogens is 222 g/mol. The van der Waals surface area contributed by atoms with Crippen molar-refractivity contribution in [3.8, 4) is 5.75 Å². The highest BCUT2D eigenvalue weighted by Crippen LogP contribution is 2.24. The molecule has 1 heterocycles. The van der Waals surface area contributed by atoms with E-state index in [4.69, 9.17) is 9.47 Å². The number of para-hydroxylation sites is 1. The molecule has 5 nitrogen and oxygen atoms in total. The van der Waals surface area contributed by atoms with Crippen LogP contribution in [0.15, 0.2) is 24.3 Å². The molecule has 1 amide bonds. The molecule has 1 saturated heterocycles. The molecule has 0 radical (unpaired) electrons. The minimum absolute atomic E-state index is 0.274. The Balaban J connectivity index is 1.96. The standard InChI is InChI=1S/C12H15NO4/c1-8(14)10-4-2-3-5-11(10)16-7-9-6-13-12(15)17-9/h2-5,8-9,14H,6-7H2,1H3,(H,13,15)/t8-,9?/m1/s1. The predicted molar refractivity (Wildman–Crippen MR) is 60.8 cm³/mol. The lowest BCUT2D eigenvalue weighted by molar-refractivity contribution is 0.102. The van der Waals surface area contributed by atoms with Gasteiger partial charge in [0.2, 0.25) is 0 Å². The molecule has 2 rings (SSSR count). The van der Waals surface area contributed by atoms with Gasteiger partial charge in [0.25, 0.3) is 0 Å². The van der Waals surface area contributed by atoms with E-state index < -0.39 is 12.2 Å². The van der Waals surface area contributed by atoms with Gasteiger partial charge < -0.3 is 19.9 Å². The van der Waals surface area contributed by atoms with Crippen LogP contribution < -0.4 is 10.1 Å². The van der Waals surface area contributed by atoms with E-state index in [2.05, 4.69) is 5.32 Å². The lowest BCUT2D eigenvalue weighted by atomic mass is 10.1. The quantitative estimate of drug-likeness (QED) is 0.826. The fourth-order valence-corrected chi connectivity index (χ4v) is 1.66. The first-order chi connectivity index (χ1) is 8.16. The summed E-state index contributed by atoms with van der Waals surface area (Å²) in [6, 6.07) is 7.26. The molecule has 0 bridgehead atoms. The largest absolute Gasteiger partial charge is 0.489 e. The van der Waals surface area contributed by atoms with E-state index in [9.17, 15) is 9.90 Å². The number of carbonyl (C=O) groups excluding carboxylic acids is 1. The van der Waals surface area contributed by atoms with Gasteiger partial charge in [-0.3, -0.25) is 0 Å². The van der Waals surface area contributed by atoms with Crippen molar-refractivity contribution in [2.45, 2.75) is 19.1 Å². The van der Waals surface area contributed by atoms with Gasteiger partial charge in [-0.25, -0.2) is 4.79 Å². The fourth-order valence-electron chi connectivity index (χ4n) is 1.66. The van der Waals surface area contributed by atoms with Gasteiger partial charge in [-0.15, -0.1) is 0 Å². The number of benzene rings is 1. The lowest BCUT2D eigenvalue weighted by Crippen LogP contribution is -2.22. The van der Waals surface area contributed by atoms with Crippen molar-refractivity contribution in [1.82, 2.24) is 5.32 Å². The van der Waals surface area contributed by atoms with Crippen molar-refractivity contribution in [2.75, 3.05) is 13.2 Å². The van der Waals surface area contributed by atoms with Gasteiger partial charge in [-0.2, -0.15) is 0 Å². The van der Waals surface area contributed by atoms with Crippen LogP contribution in [-0.4, -0.2) is 30.5 Å². The number of amides is 1. The fraction of sp³-hybridized carbons (Fsp3) is 0.417. The Kier molecular flexibility index (Phi) is 3.49. The minimum Gasteiger partial charge on any atom is -0.489 e. The maximum absolute atomic E-state index is 10.8. The maximum atomic E-state index is 10.8. The second-order valence-corrected chi connectivity index (χ2v) is 3.93. The van der Waals surface area contributed by atoms with Crippen molar-refractivity contribution < 1.29 is 19.4 Å². The Morgan fingerprint density at radius 2 is 2.35 bits per heavy atom. The molecule has 1 fully saturated rings. The average molecular weight is 237 g/mol. The van der Waals surface area contributed by atoms with E-state index in [1.165, 1.54) is 0 Å². The summed E-state index contributed by atoms with van der Waals surface area (Å²) in [7, 11) is 0. The van der Waals surface area contributed by atoms with Crippen LogP contribution >= 0.6 is 0 Å². The second-order valence-electron chi connectivity index (χ2n) is 3.93. The highest BCUT2D eigenvalue weighted by atomic mass is 16.6. The number of hydrogen-bond donors (Lipinski definition) is 2. The van der Waals surface area contributed by atoms with Crippen molar-refractivity contribution in [2.24, 2.45) is 0 Å². The highest BCUT2D eigenvalue weighted by Gasteiger charge is 2.23. The second kappa shape index (κ2) is 5.05. The smallest absolute Gasteiger partial charge is 0.407 e. The molecule has 1 aliphatic heterocycles. The van der Waals surface area contributed by atoms with Crippen LogP contribution in [0.3, 0.4) is 0 Å². The van der Waals surface area contributed by atoms with Crippen LogP contribution in [0.2, 0.25) is 0 Å². The number of aliphatic hydroxyl groups excluding tert-OH is 1. The first-order valence-corrected chi connectivity index (χ1v) is 5.51. The molecule has 1 unspecified atom stereocenters. The maximum Gasteiger partial charge on any atom is 0.407 e. The Labute approximate surface area is 99.3 Å². The Morgan fingerprint density at radius 3 is 3.00 bits per heavy atom. The average Bonchev–Trinajstić information content (AvgIpc) is 2.73. The Morgan fingerprint density at radius 1 is 1.59 bits per heavy atom. The zero-order valence-electron chi connectivity index (χ0n) is 9.55. The Bertz CT molecular complexity index is 405. The Hall–Kier alpha value is -1.75. The van der Waals surface area contributed by atoms with Gasteiger partial charge in [-0.1, -0.05) is 18.2 Å². The number of aliphatic hydroxyl groups is 1. The first kappa shape index (κ1) is 11.7. The summed E-state index contributed by atoms with van der Waals surface area (Å²) in [5, 5.41) is 12.1. The first-order valence-electron chi connectivity index (χ1n) is 5.51. The van der Waals surface area contributed by atoms with Crippen molar-refractivity contribution in [3.63, 3.8) is 0 Å². The number of nitrogens with one attached hydrogen (secondary N) is 1. The summed E-state index contributed by atoms with van der Waals surface area (Å²) in [5.74, 6) is 0.616. The molecule has 5 heteroatoms. The van der Waals surface area contributed by atoms with Gasteiger partial charge in [-0.05, 0) is 13.0 Å². The number of hydrogen-bond acceptors (Lipinski definition) is 4. The van der Waals surface area contributed by atoms with E-state index >= 15 is 0 Å². The van der Waals surface area contributed by atoms with E-state index in [1.54, 1.807) is 19.1 Å². The topological polar surface area (TPSA) is 67.8 Å². The molecule has 0 aromatic heterocycles. The molecule has 0 spiro atoms. The van der Waals surface area contributed by atoms with Crippen LogP contribution in [0.5, 0.6) is 5.75 Å². The molecule has 17 heavy (non-hydrogen) atoms. The molecule has 2 atom stereocenters. The highest BCUT2D eigenvalue weighted by molar-refractivity contribution is 5.69. The molecule has 2 N–H and O–H groups in total. The third-order valence-electron chi connectivity index (χ3n) is 2.54. The number of rotatable bonds is 4. The summed E-state index contributed by atoms with van der Waals surface area (Å²) in [6.45, 7) is 2.41. The number of carbonyl (C=O) groups is 1. The molecule has 92 valence electrons. The molecule has 1 aromatic carbocycles. The van der Waals surface area contributed by atoms with Gasteiger partial charge in [0.1, 0.15) is 12.4 Å². The van der Waals surface area contributed by atoms with E-state index in [-0.39, 0.29) is 12.7 Å². The molecule has 0 aliphatic carbocycles. The lowest BCUT2D eigenvalue weighted by Gasteiger charge is -2.15. The summed E-state index contributed by atoms with van der Waals surface area (Å²) in [4.78, 5) is 10.8. The number of cyclic esters (lactones) is 1. The molecule has 1 aliphatic rings. The molecule has 0 saturated carbocycles. The summed E-state index contributed by atoms with van der Waals surface area (Å²) in [5.41, 5.74) is 0.727. The SMILES string of the molecule is C[C@@H](O)c1ccccc1OCC1CNC(=O)O1. The van der Waals surface area contributed by atoms with Crippen molar-refractivity contribution >= 4 is 6.09 Å². The summed E-state index contributed by atoms with van der Waals surface area (Å²) < 4.78 is 10.5. The molecular formula is C12H15NO4.